The van der Waals surface area contributed by atoms with Crippen LogP contribution in [0.5, 0.6) is 0 Å². The molecule has 8 nitrogen and oxygen atoms in total. The summed E-state index contributed by atoms with van der Waals surface area (Å²) in [5, 5.41) is 0. The highest BCUT2D eigenvalue weighted by molar-refractivity contribution is 7.07. The number of hydrogen-bond donors (Lipinski definition) is 0. The fourth-order valence-corrected chi connectivity index (χ4v) is 6.09. The second-order valence-electron chi connectivity index (χ2n) is 9.57. The summed E-state index contributed by atoms with van der Waals surface area (Å²) < 4.78 is 13.6. The molecule has 1 atom stereocenters. The Morgan fingerprint density at radius 2 is 1.92 bits per heavy atom. The first kappa shape index (κ1) is 25.2. The first-order valence-corrected chi connectivity index (χ1v) is 13.4. The van der Waals surface area contributed by atoms with Crippen LogP contribution in [-0.4, -0.2) is 55.3 Å². The normalized spacial score (nSPS) is 18.8. The second kappa shape index (κ2) is 10.5. The average molecular weight is 521 g/mol. The van der Waals surface area contributed by atoms with Crippen LogP contribution in [0.4, 0.5) is 5.88 Å². The van der Waals surface area contributed by atoms with Crippen molar-refractivity contribution in [2.24, 2.45) is 4.99 Å². The van der Waals surface area contributed by atoms with Gasteiger partial charge >= 0.3 is 5.97 Å². The molecule has 0 radical (unpaired) electrons. The molecule has 0 amide bonds. The monoisotopic (exact) mass is 520 g/mol. The molecule has 2 aliphatic heterocycles. The number of allylic oxidation sites excluding steroid dienone is 1. The number of benzene rings is 1. The van der Waals surface area contributed by atoms with Crippen LogP contribution >= 0.6 is 11.3 Å². The van der Waals surface area contributed by atoms with Crippen LogP contribution < -0.4 is 19.8 Å². The summed E-state index contributed by atoms with van der Waals surface area (Å²) >= 11 is 1.30. The van der Waals surface area contributed by atoms with E-state index in [-0.39, 0.29) is 12.2 Å². The number of thiazole rings is 1. The van der Waals surface area contributed by atoms with Gasteiger partial charge in [0.05, 0.1) is 28.5 Å². The Hall–Kier alpha value is -3.43. The summed E-state index contributed by atoms with van der Waals surface area (Å²) in [5.41, 5.74) is 1.56. The van der Waals surface area contributed by atoms with Crippen LogP contribution in [0.2, 0.25) is 0 Å². The molecule has 0 N–H and O–H groups in total. The maximum absolute atomic E-state index is 13.7. The molecule has 2 aliphatic rings. The summed E-state index contributed by atoms with van der Waals surface area (Å²) in [6.45, 7) is 5.67. The van der Waals surface area contributed by atoms with Crippen molar-refractivity contribution in [1.82, 2.24) is 9.47 Å². The third kappa shape index (κ3) is 4.93. The molecule has 0 spiro atoms. The third-order valence-corrected chi connectivity index (χ3v) is 8.01. The standard InChI is InChI=1S/C28H32N4O4S/c1-5-35-27(34)24-18(2)29-28-32(25(24)19-9-7-6-8-10-19)26(33)22(37-28)17-21-11-12-23(36-21)31-15-13-20(14-16-31)30(3)4/h6-12,17,20,25H,5,13-16H2,1-4H3/b22-17-/t25-/m0/s1. The van der Waals surface area contributed by atoms with Crippen molar-refractivity contribution in [2.75, 3.05) is 38.7 Å². The summed E-state index contributed by atoms with van der Waals surface area (Å²) in [6, 6.07) is 13.4. The number of rotatable bonds is 6. The van der Waals surface area contributed by atoms with Crippen molar-refractivity contribution < 1.29 is 13.9 Å². The first-order chi connectivity index (χ1) is 17.9. The Labute approximate surface area is 219 Å². The van der Waals surface area contributed by atoms with Crippen LogP contribution in [-0.2, 0) is 9.53 Å². The molecular weight excluding hydrogens is 488 g/mol. The fourth-order valence-electron chi connectivity index (χ4n) is 5.06. The highest BCUT2D eigenvalue weighted by Crippen LogP contribution is 2.30. The van der Waals surface area contributed by atoms with Crippen molar-refractivity contribution in [1.29, 1.82) is 0 Å². The highest BCUT2D eigenvalue weighted by Gasteiger charge is 2.33. The van der Waals surface area contributed by atoms with E-state index in [0.717, 1.165) is 37.4 Å². The van der Waals surface area contributed by atoms with Crippen molar-refractivity contribution >= 4 is 29.3 Å². The minimum absolute atomic E-state index is 0.211. The molecule has 0 unspecified atom stereocenters. The van der Waals surface area contributed by atoms with E-state index in [1.54, 1.807) is 24.5 Å². The number of carbonyl (C=O) groups excluding carboxylic acids is 1. The summed E-state index contributed by atoms with van der Waals surface area (Å²) in [4.78, 5) is 36.3. The van der Waals surface area contributed by atoms with Gasteiger partial charge in [0.1, 0.15) is 5.76 Å². The SMILES string of the molecule is CCOC(=O)C1=C(C)N=c2s/c(=C\c3ccc(N4CCC(N(C)C)CC4)o3)c(=O)n2[C@H]1c1ccccc1. The van der Waals surface area contributed by atoms with Crippen molar-refractivity contribution in [3.63, 3.8) is 0 Å². The second-order valence-corrected chi connectivity index (χ2v) is 10.6. The number of piperidine rings is 1. The predicted octanol–water partition coefficient (Wildman–Crippen LogP) is 2.92. The number of fused-ring (bicyclic) bond motifs is 1. The molecule has 1 aromatic carbocycles. The van der Waals surface area contributed by atoms with Gasteiger partial charge in [-0.25, -0.2) is 9.79 Å². The molecule has 9 heteroatoms. The zero-order valence-electron chi connectivity index (χ0n) is 21.6. The molecule has 0 bridgehead atoms. The first-order valence-electron chi connectivity index (χ1n) is 12.6. The van der Waals surface area contributed by atoms with E-state index in [9.17, 15) is 9.59 Å². The summed E-state index contributed by atoms with van der Waals surface area (Å²) in [7, 11) is 4.25. The van der Waals surface area contributed by atoms with E-state index in [1.807, 2.05) is 42.5 Å². The molecule has 1 saturated heterocycles. The van der Waals surface area contributed by atoms with Crippen molar-refractivity contribution in [3.8, 4) is 0 Å². The highest BCUT2D eigenvalue weighted by atomic mass is 32.1. The average Bonchev–Trinajstić information content (AvgIpc) is 3.48. The lowest BCUT2D eigenvalue weighted by molar-refractivity contribution is -0.139. The van der Waals surface area contributed by atoms with Gasteiger partial charge in [-0.15, -0.1) is 0 Å². The number of furan rings is 1. The van der Waals surface area contributed by atoms with Crippen LogP contribution in [0.1, 0.15) is 44.1 Å². The van der Waals surface area contributed by atoms with Gasteiger partial charge in [0.25, 0.3) is 5.56 Å². The number of hydrogen-bond acceptors (Lipinski definition) is 8. The van der Waals surface area contributed by atoms with E-state index >= 15 is 0 Å². The number of ether oxygens (including phenoxy) is 1. The van der Waals surface area contributed by atoms with Crippen LogP contribution in [0.3, 0.4) is 0 Å². The molecule has 37 heavy (non-hydrogen) atoms. The number of anilines is 1. The Morgan fingerprint density at radius 1 is 1.19 bits per heavy atom. The molecule has 4 heterocycles. The van der Waals surface area contributed by atoms with E-state index in [4.69, 9.17) is 9.15 Å². The lowest BCUT2D eigenvalue weighted by Crippen LogP contribution is -2.41. The molecular formula is C28H32N4O4S. The summed E-state index contributed by atoms with van der Waals surface area (Å²) in [5.74, 6) is 0.979. The number of esters is 1. The lowest BCUT2D eigenvalue weighted by atomic mass is 9.96. The Morgan fingerprint density at radius 3 is 2.59 bits per heavy atom. The van der Waals surface area contributed by atoms with Gasteiger partial charge < -0.3 is 19.0 Å². The number of nitrogens with zero attached hydrogens (tertiary/aromatic N) is 4. The molecule has 194 valence electrons. The molecule has 1 fully saturated rings. The van der Waals surface area contributed by atoms with Gasteiger partial charge in [-0.1, -0.05) is 41.7 Å². The van der Waals surface area contributed by atoms with Crippen molar-refractivity contribution in [2.45, 2.75) is 38.8 Å². The Bertz CT molecular complexity index is 1490. The van der Waals surface area contributed by atoms with Gasteiger partial charge in [0, 0.05) is 31.3 Å². The van der Waals surface area contributed by atoms with Crippen molar-refractivity contribution in [3.05, 3.63) is 84.7 Å². The smallest absolute Gasteiger partial charge is 0.338 e. The fraction of sp³-hybridized carbons (Fsp3) is 0.393. The topological polar surface area (TPSA) is 80.3 Å². The molecule has 5 rings (SSSR count). The number of aromatic nitrogens is 1. The van der Waals surface area contributed by atoms with E-state index < -0.39 is 12.0 Å². The molecule has 3 aromatic rings. The van der Waals surface area contributed by atoms with Gasteiger partial charge in [-0.2, -0.15) is 0 Å². The molecule has 2 aromatic heterocycles. The minimum Gasteiger partial charge on any atom is -0.463 e. The zero-order valence-corrected chi connectivity index (χ0v) is 22.5. The maximum Gasteiger partial charge on any atom is 0.338 e. The van der Waals surface area contributed by atoms with Gasteiger partial charge in [-0.05, 0) is 52.4 Å². The Kier molecular flexibility index (Phi) is 7.17. The Balaban J connectivity index is 1.51. The van der Waals surface area contributed by atoms with E-state index in [1.165, 1.54) is 11.3 Å². The predicted molar refractivity (Wildman–Crippen MR) is 144 cm³/mol. The van der Waals surface area contributed by atoms with Crippen LogP contribution in [0, 0.1) is 0 Å². The molecule has 0 aliphatic carbocycles. The maximum atomic E-state index is 13.7. The van der Waals surface area contributed by atoms with Gasteiger partial charge in [-0.3, -0.25) is 9.36 Å². The van der Waals surface area contributed by atoms with Crippen LogP contribution in [0.15, 0.2) is 67.9 Å². The van der Waals surface area contributed by atoms with Crippen LogP contribution in [0.25, 0.3) is 6.08 Å². The quantitative estimate of drug-likeness (QED) is 0.465. The lowest BCUT2D eigenvalue weighted by Gasteiger charge is -2.35. The zero-order chi connectivity index (χ0) is 26.1. The molecule has 0 saturated carbocycles. The summed E-state index contributed by atoms with van der Waals surface area (Å²) in [6.07, 6.45) is 3.94. The van der Waals surface area contributed by atoms with E-state index in [2.05, 4.69) is 28.9 Å². The van der Waals surface area contributed by atoms with Gasteiger partial charge in [0.15, 0.2) is 10.7 Å². The largest absolute Gasteiger partial charge is 0.463 e. The number of carbonyl (C=O) groups is 1. The minimum atomic E-state index is -0.608. The van der Waals surface area contributed by atoms with Gasteiger partial charge in [0.2, 0.25) is 0 Å². The third-order valence-electron chi connectivity index (χ3n) is 7.02. The van der Waals surface area contributed by atoms with E-state index in [0.29, 0.717) is 32.4 Å².